The average molecular weight is 232 g/mol. The Morgan fingerprint density at radius 1 is 1.29 bits per heavy atom. The molecule has 7 nitrogen and oxygen atoms in total. The van der Waals surface area contributed by atoms with E-state index >= 15 is 0 Å². The normalized spacial score (nSPS) is 14.8. The van der Waals surface area contributed by atoms with Crippen molar-refractivity contribution in [2.45, 2.75) is 25.4 Å². The summed E-state index contributed by atoms with van der Waals surface area (Å²) in [6.45, 7) is 0.611. The molecule has 0 atom stereocenters. The van der Waals surface area contributed by atoms with E-state index in [2.05, 4.69) is 31.0 Å². The Labute approximate surface area is 97.7 Å². The van der Waals surface area contributed by atoms with Crippen LogP contribution in [0.5, 0.6) is 0 Å². The van der Waals surface area contributed by atoms with Crippen molar-refractivity contribution in [1.82, 2.24) is 25.7 Å². The number of anilines is 2. The lowest BCUT2D eigenvalue weighted by atomic mass is 10.5. The minimum absolute atomic E-state index is 0.332. The van der Waals surface area contributed by atoms with E-state index in [9.17, 15) is 0 Å². The Bertz CT molecular complexity index is 481. The molecule has 0 amide bonds. The summed E-state index contributed by atoms with van der Waals surface area (Å²) in [6.07, 6.45) is 4.07. The lowest BCUT2D eigenvalue weighted by molar-refractivity contribution is 0.478. The zero-order valence-electron chi connectivity index (χ0n) is 9.13. The van der Waals surface area contributed by atoms with E-state index in [-0.39, 0.29) is 0 Å². The fourth-order valence-electron chi connectivity index (χ4n) is 1.37. The molecule has 1 saturated carbocycles. The monoisotopic (exact) mass is 232 g/mol. The highest BCUT2D eigenvalue weighted by Gasteiger charge is 2.21. The molecule has 0 bridgehead atoms. The van der Waals surface area contributed by atoms with Crippen molar-refractivity contribution in [3.63, 3.8) is 0 Å². The highest BCUT2D eigenvalue weighted by molar-refractivity contribution is 5.43. The summed E-state index contributed by atoms with van der Waals surface area (Å²) >= 11 is 0. The molecule has 1 fully saturated rings. The van der Waals surface area contributed by atoms with Gasteiger partial charge in [-0.3, -0.25) is 5.32 Å². The van der Waals surface area contributed by atoms with Gasteiger partial charge in [0.25, 0.3) is 0 Å². The van der Waals surface area contributed by atoms with Gasteiger partial charge in [0.15, 0.2) is 5.82 Å². The third-order valence-corrected chi connectivity index (χ3v) is 2.39. The number of nitrogens with one attached hydrogen (secondary N) is 2. The van der Waals surface area contributed by atoms with Crippen LogP contribution >= 0.6 is 0 Å². The maximum Gasteiger partial charge on any atom is 0.321 e. The second kappa shape index (κ2) is 4.46. The summed E-state index contributed by atoms with van der Waals surface area (Å²) in [7, 11) is 0. The van der Waals surface area contributed by atoms with Gasteiger partial charge in [0, 0.05) is 12.2 Å². The third kappa shape index (κ3) is 2.76. The quantitative estimate of drug-likeness (QED) is 0.790. The van der Waals surface area contributed by atoms with Gasteiger partial charge in [-0.2, -0.15) is 5.10 Å². The van der Waals surface area contributed by atoms with Gasteiger partial charge >= 0.3 is 6.01 Å². The molecule has 0 aliphatic heterocycles. The standard InChI is InChI=1S/C10H12N6O/c1-2-8(14-12-5-1)13-10-16-15-9(17-10)6-11-7-3-4-7/h1-2,5,7,11H,3-4,6H2,(H,13,14,16). The van der Waals surface area contributed by atoms with Crippen LogP contribution in [-0.4, -0.2) is 26.4 Å². The molecule has 17 heavy (non-hydrogen) atoms. The average Bonchev–Trinajstić information content (AvgIpc) is 3.09. The molecule has 3 rings (SSSR count). The Kier molecular flexibility index (Phi) is 2.66. The van der Waals surface area contributed by atoms with E-state index < -0.39 is 0 Å². The molecule has 0 radical (unpaired) electrons. The smallest absolute Gasteiger partial charge is 0.321 e. The summed E-state index contributed by atoms with van der Waals surface area (Å²) in [5.41, 5.74) is 0. The highest BCUT2D eigenvalue weighted by atomic mass is 16.4. The Morgan fingerprint density at radius 2 is 2.24 bits per heavy atom. The molecule has 2 heterocycles. The first-order valence-corrected chi connectivity index (χ1v) is 5.50. The van der Waals surface area contributed by atoms with Crippen molar-refractivity contribution in [3.8, 4) is 0 Å². The van der Waals surface area contributed by atoms with Crippen molar-refractivity contribution in [3.05, 3.63) is 24.2 Å². The number of hydrogen-bond donors (Lipinski definition) is 2. The predicted octanol–water partition coefficient (Wildman–Crippen LogP) is 0.855. The SMILES string of the molecule is c1cnnc(Nc2nnc(CNC3CC3)o2)c1. The first-order valence-electron chi connectivity index (χ1n) is 5.50. The van der Waals surface area contributed by atoms with Crippen LogP contribution in [0.2, 0.25) is 0 Å². The Morgan fingerprint density at radius 3 is 3.00 bits per heavy atom. The summed E-state index contributed by atoms with van der Waals surface area (Å²) < 4.78 is 5.40. The number of aromatic nitrogens is 4. The topological polar surface area (TPSA) is 88.8 Å². The van der Waals surface area contributed by atoms with E-state index in [1.807, 2.05) is 0 Å². The molecule has 0 unspecified atom stereocenters. The van der Waals surface area contributed by atoms with Crippen LogP contribution in [0.15, 0.2) is 22.7 Å². The highest BCUT2D eigenvalue weighted by Crippen LogP contribution is 2.19. The minimum atomic E-state index is 0.332. The van der Waals surface area contributed by atoms with Crippen molar-refractivity contribution >= 4 is 11.8 Å². The van der Waals surface area contributed by atoms with Crippen LogP contribution in [0.25, 0.3) is 0 Å². The molecule has 1 aliphatic rings. The molecule has 1 aliphatic carbocycles. The van der Waals surface area contributed by atoms with Gasteiger partial charge in [-0.1, -0.05) is 5.10 Å². The van der Waals surface area contributed by atoms with E-state index in [1.54, 1.807) is 18.3 Å². The van der Waals surface area contributed by atoms with Crippen molar-refractivity contribution in [2.75, 3.05) is 5.32 Å². The molecule has 7 heteroatoms. The van der Waals surface area contributed by atoms with Crippen molar-refractivity contribution in [1.29, 1.82) is 0 Å². The van der Waals surface area contributed by atoms with Crippen LogP contribution in [0.3, 0.4) is 0 Å². The van der Waals surface area contributed by atoms with Gasteiger partial charge in [-0.05, 0) is 25.0 Å². The maximum absolute atomic E-state index is 5.40. The maximum atomic E-state index is 5.40. The van der Waals surface area contributed by atoms with Gasteiger partial charge in [0.05, 0.1) is 6.54 Å². The van der Waals surface area contributed by atoms with E-state index in [0.29, 0.717) is 30.3 Å². The van der Waals surface area contributed by atoms with Gasteiger partial charge < -0.3 is 9.73 Å². The van der Waals surface area contributed by atoms with Crippen molar-refractivity contribution < 1.29 is 4.42 Å². The predicted molar refractivity (Wildman–Crippen MR) is 59.5 cm³/mol. The van der Waals surface area contributed by atoms with E-state index in [1.165, 1.54) is 12.8 Å². The Balaban J connectivity index is 1.59. The largest absolute Gasteiger partial charge is 0.406 e. The second-order valence-electron chi connectivity index (χ2n) is 3.89. The van der Waals surface area contributed by atoms with Crippen molar-refractivity contribution in [2.24, 2.45) is 0 Å². The number of nitrogens with zero attached hydrogens (tertiary/aromatic N) is 4. The lowest BCUT2D eigenvalue weighted by Gasteiger charge is -1.97. The van der Waals surface area contributed by atoms with Crippen LogP contribution in [0.4, 0.5) is 11.8 Å². The summed E-state index contributed by atoms with van der Waals surface area (Å²) in [5, 5.41) is 21.6. The molecule has 2 aromatic rings. The molecule has 0 saturated heterocycles. The van der Waals surface area contributed by atoms with Gasteiger partial charge in [-0.25, -0.2) is 0 Å². The second-order valence-corrected chi connectivity index (χ2v) is 3.89. The molecule has 88 valence electrons. The zero-order chi connectivity index (χ0) is 11.5. The lowest BCUT2D eigenvalue weighted by Crippen LogP contribution is -2.15. The van der Waals surface area contributed by atoms with Crippen LogP contribution in [0.1, 0.15) is 18.7 Å². The minimum Gasteiger partial charge on any atom is -0.406 e. The molecular formula is C10H12N6O. The van der Waals surface area contributed by atoms with Gasteiger partial charge in [0.2, 0.25) is 5.89 Å². The molecule has 2 N–H and O–H groups in total. The van der Waals surface area contributed by atoms with Crippen LogP contribution in [0, 0.1) is 0 Å². The number of rotatable bonds is 5. The summed E-state index contributed by atoms with van der Waals surface area (Å²) in [5.74, 6) is 1.15. The fraction of sp³-hybridized carbons (Fsp3) is 0.400. The van der Waals surface area contributed by atoms with Crippen LogP contribution < -0.4 is 10.6 Å². The van der Waals surface area contributed by atoms with E-state index in [4.69, 9.17) is 4.42 Å². The number of hydrogen-bond acceptors (Lipinski definition) is 7. The van der Waals surface area contributed by atoms with Gasteiger partial charge in [-0.15, -0.1) is 10.2 Å². The van der Waals surface area contributed by atoms with E-state index in [0.717, 1.165) is 0 Å². The summed E-state index contributed by atoms with van der Waals surface area (Å²) in [6, 6.07) is 4.51. The molecule has 2 aromatic heterocycles. The first-order chi connectivity index (χ1) is 8.40. The zero-order valence-corrected chi connectivity index (χ0v) is 9.13. The third-order valence-electron chi connectivity index (χ3n) is 2.39. The first kappa shape index (κ1) is 10.2. The molecular weight excluding hydrogens is 220 g/mol. The fourth-order valence-corrected chi connectivity index (χ4v) is 1.37. The molecule has 0 aromatic carbocycles. The Hall–Kier alpha value is -2.02. The van der Waals surface area contributed by atoms with Gasteiger partial charge in [0.1, 0.15) is 0 Å². The molecule has 0 spiro atoms. The van der Waals surface area contributed by atoms with Crippen LogP contribution in [-0.2, 0) is 6.54 Å². The summed E-state index contributed by atoms with van der Waals surface area (Å²) in [4.78, 5) is 0.